The first-order valence-electron chi connectivity index (χ1n) is 7.80. The van der Waals surface area contributed by atoms with E-state index in [2.05, 4.69) is 17.6 Å². The molecule has 1 amide bonds. The fourth-order valence-corrected chi connectivity index (χ4v) is 2.79. The molecule has 2 unspecified atom stereocenters. The van der Waals surface area contributed by atoms with Crippen molar-refractivity contribution >= 4 is 5.91 Å². The third kappa shape index (κ3) is 5.05. The Morgan fingerprint density at radius 3 is 3.10 bits per heavy atom. The molecule has 1 aromatic rings. The number of carbonyl (C=O) groups is 1. The van der Waals surface area contributed by atoms with Gasteiger partial charge in [-0.05, 0) is 55.5 Å². The molecule has 1 saturated heterocycles. The summed E-state index contributed by atoms with van der Waals surface area (Å²) >= 11 is 0. The van der Waals surface area contributed by atoms with Gasteiger partial charge in [-0.15, -0.1) is 0 Å². The highest BCUT2D eigenvalue weighted by molar-refractivity contribution is 5.76. The number of benzene rings is 1. The Morgan fingerprint density at radius 1 is 1.52 bits per heavy atom. The Balaban J connectivity index is 1.73. The normalized spacial score (nSPS) is 19.2. The number of carbonyl (C=O) groups excluding carboxylic acids is 1. The molecule has 0 aromatic heterocycles. The van der Waals surface area contributed by atoms with Crippen molar-refractivity contribution in [3.05, 3.63) is 29.8 Å². The molecule has 2 atom stereocenters. The van der Waals surface area contributed by atoms with Crippen molar-refractivity contribution in [3.63, 3.8) is 0 Å². The minimum atomic E-state index is 0.135. The van der Waals surface area contributed by atoms with Crippen molar-refractivity contribution < 1.29 is 9.53 Å². The number of methoxy groups -OCH3 is 1. The molecular weight excluding hydrogens is 264 g/mol. The average molecular weight is 290 g/mol. The number of amides is 1. The first kappa shape index (κ1) is 15.8. The van der Waals surface area contributed by atoms with Crippen LogP contribution in [0.15, 0.2) is 24.3 Å². The molecule has 2 rings (SSSR count). The van der Waals surface area contributed by atoms with Gasteiger partial charge in [-0.3, -0.25) is 4.79 Å². The Morgan fingerprint density at radius 2 is 2.38 bits per heavy atom. The molecule has 4 heteroatoms. The Bertz CT molecular complexity index is 456. The first-order valence-corrected chi connectivity index (χ1v) is 7.80. The average Bonchev–Trinajstić information content (AvgIpc) is 3.00. The van der Waals surface area contributed by atoms with Crippen molar-refractivity contribution in [1.82, 2.24) is 10.6 Å². The highest BCUT2D eigenvalue weighted by atomic mass is 16.5. The summed E-state index contributed by atoms with van der Waals surface area (Å²) in [5, 5.41) is 6.39. The maximum Gasteiger partial charge on any atom is 0.220 e. The van der Waals surface area contributed by atoms with Gasteiger partial charge in [0.2, 0.25) is 5.91 Å². The van der Waals surface area contributed by atoms with E-state index in [-0.39, 0.29) is 11.8 Å². The standard InChI is InChI=1S/C17H26N2O2/c1-13(15-4-3-5-16(11-15)21-2)10-17(20)19-9-7-14-6-8-18-12-14/h3-5,11,13-14,18H,6-10,12H2,1-2H3,(H,19,20). The fraction of sp³-hybridized carbons (Fsp3) is 0.588. The van der Waals surface area contributed by atoms with Gasteiger partial charge >= 0.3 is 0 Å². The smallest absolute Gasteiger partial charge is 0.220 e. The summed E-state index contributed by atoms with van der Waals surface area (Å²) in [4.78, 5) is 12.0. The lowest BCUT2D eigenvalue weighted by Gasteiger charge is -2.14. The zero-order chi connectivity index (χ0) is 15.1. The molecule has 1 aromatic carbocycles. The van der Waals surface area contributed by atoms with Crippen LogP contribution >= 0.6 is 0 Å². The Labute approximate surface area is 127 Å². The molecule has 0 spiro atoms. The van der Waals surface area contributed by atoms with E-state index in [1.807, 2.05) is 24.3 Å². The predicted octanol–water partition coefficient (Wildman–Crippen LogP) is 2.30. The summed E-state index contributed by atoms with van der Waals surface area (Å²) in [5.41, 5.74) is 1.14. The van der Waals surface area contributed by atoms with E-state index in [9.17, 15) is 4.79 Å². The van der Waals surface area contributed by atoms with Gasteiger partial charge in [0.15, 0.2) is 0 Å². The lowest BCUT2D eigenvalue weighted by molar-refractivity contribution is -0.121. The third-order valence-corrected chi connectivity index (χ3v) is 4.19. The largest absolute Gasteiger partial charge is 0.497 e. The summed E-state index contributed by atoms with van der Waals surface area (Å²) < 4.78 is 5.23. The molecule has 21 heavy (non-hydrogen) atoms. The van der Waals surface area contributed by atoms with Crippen LogP contribution in [-0.2, 0) is 4.79 Å². The minimum absolute atomic E-state index is 0.135. The zero-order valence-corrected chi connectivity index (χ0v) is 13.0. The van der Waals surface area contributed by atoms with Gasteiger partial charge in [-0.25, -0.2) is 0 Å². The third-order valence-electron chi connectivity index (χ3n) is 4.19. The lowest BCUT2D eigenvalue weighted by Crippen LogP contribution is -2.27. The summed E-state index contributed by atoms with van der Waals surface area (Å²) in [6, 6.07) is 7.94. The predicted molar refractivity (Wildman–Crippen MR) is 84.6 cm³/mol. The molecule has 2 N–H and O–H groups in total. The van der Waals surface area contributed by atoms with Crippen LogP contribution in [-0.4, -0.2) is 32.7 Å². The van der Waals surface area contributed by atoms with Crippen molar-refractivity contribution in [1.29, 1.82) is 0 Å². The number of nitrogens with one attached hydrogen (secondary N) is 2. The topological polar surface area (TPSA) is 50.4 Å². The number of rotatable bonds is 7. The van der Waals surface area contributed by atoms with Gasteiger partial charge in [0, 0.05) is 13.0 Å². The van der Waals surface area contributed by atoms with Gasteiger partial charge in [0.05, 0.1) is 7.11 Å². The van der Waals surface area contributed by atoms with Crippen LogP contribution in [0.2, 0.25) is 0 Å². The molecule has 1 aliphatic rings. The van der Waals surface area contributed by atoms with Gasteiger partial charge < -0.3 is 15.4 Å². The summed E-state index contributed by atoms with van der Waals surface area (Å²) in [6.45, 7) is 5.08. The van der Waals surface area contributed by atoms with Gasteiger partial charge in [-0.1, -0.05) is 19.1 Å². The Kier molecular flexibility index (Phi) is 6.05. The fourth-order valence-electron chi connectivity index (χ4n) is 2.79. The molecule has 0 saturated carbocycles. The molecule has 116 valence electrons. The summed E-state index contributed by atoms with van der Waals surface area (Å²) in [7, 11) is 1.66. The molecule has 1 heterocycles. The van der Waals surface area contributed by atoms with Crippen LogP contribution in [0.25, 0.3) is 0 Å². The second-order valence-electron chi connectivity index (χ2n) is 5.88. The van der Waals surface area contributed by atoms with E-state index < -0.39 is 0 Å². The van der Waals surface area contributed by atoms with Crippen molar-refractivity contribution in [2.75, 3.05) is 26.7 Å². The number of ether oxygens (including phenoxy) is 1. The van der Waals surface area contributed by atoms with Crippen LogP contribution < -0.4 is 15.4 Å². The SMILES string of the molecule is COc1cccc(C(C)CC(=O)NCCC2CCNC2)c1. The zero-order valence-electron chi connectivity index (χ0n) is 13.0. The minimum Gasteiger partial charge on any atom is -0.497 e. The number of hydrogen-bond donors (Lipinski definition) is 2. The quantitative estimate of drug-likeness (QED) is 0.810. The van der Waals surface area contributed by atoms with E-state index in [1.54, 1.807) is 7.11 Å². The van der Waals surface area contributed by atoms with Crippen LogP contribution in [0.4, 0.5) is 0 Å². The van der Waals surface area contributed by atoms with E-state index in [0.717, 1.165) is 43.3 Å². The molecule has 1 aliphatic heterocycles. The second kappa shape index (κ2) is 8.03. The summed E-state index contributed by atoms with van der Waals surface area (Å²) in [6.07, 6.45) is 2.83. The molecule has 1 fully saturated rings. The highest BCUT2D eigenvalue weighted by Crippen LogP contribution is 2.23. The van der Waals surface area contributed by atoms with Crippen LogP contribution in [0.1, 0.15) is 37.7 Å². The maximum absolute atomic E-state index is 12.0. The molecule has 0 radical (unpaired) electrons. The maximum atomic E-state index is 12.0. The molecule has 0 bridgehead atoms. The number of hydrogen-bond acceptors (Lipinski definition) is 3. The van der Waals surface area contributed by atoms with Crippen molar-refractivity contribution in [2.24, 2.45) is 5.92 Å². The Hall–Kier alpha value is -1.55. The van der Waals surface area contributed by atoms with Gasteiger partial charge in [-0.2, -0.15) is 0 Å². The van der Waals surface area contributed by atoms with Crippen molar-refractivity contribution in [2.45, 2.75) is 32.1 Å². The van der Waals surface area contributed by atoms with E-state index in [0.29, 0.717) is 6.42 Å². The first-order chi connectivity index (χ1) is 10.2. The van der Waals surface area contributed by atoms with Gasteiger partial charge in [0.1, 0.15) is 5.75 Å². The lowest BCUT2D eigenvalue weighted by atomic mass is 9.97. The van der Waals surface area contributed by atoms with Crippen molar-refractivity contribution in [3.8, 4) is 5.75 Å². The molecule has 4 nitrogen and oxygen atoms in total. The van der Waals surface area contributed by atoms with E-state index >= 15 is 0 Å². The summed E-state index contributed by atoms with van der Waals surface area (Å²) in [5.74, 6) is 1.90. The highest BCUT2D eigenvalue weighted by Gasteiger charge is 2.15. The van der Waals surface area contributed by atoms with Crippen LogP contribution in [0, 0.1) is 5.92 Å². The monoisotopic (exact) mass is 290 g/mol. The molecular formula is C17H26N2O2. The van der Waals surface area contributed by atoms with Crippen LogP contribution in [0.5, 0.6) is 5.75 Å². The van der Waals surface area contributed by atoms with E-state index in [4.69, 9.17) is 4.74 Å². The van der Waals surface area contributed by atoms with Crippen LogP contribution in [0.3, 0.4) is 0 Å². The second-order valence-corrected chi connectivity index (χ2v) is 5.88. The van der Waals surface area contributed by atoms with Gasteiger partial charge in [0.25, 0.3) is 0 Å². The van der Waals surface area contributed by atoms with E-state index in [1.165, 1.54) is 6.42 Å². The molecule has 0 aliphatic carbocycles.